The molecule has 0 aliphatic heterocycles. The summed E-state index contributed by atoms with van der Waals surface area (Å²) in [5.41, 5.74) is 17.0. The zero-order valence-corrected chi connectivity index (χ0v) is 19.4. The van der Waals surface area contributed by atoms with Crippen molar-refractivity contribution in [3.05, 3.63) is 70.9 Å². The van der Waals surface area contributed by atoms with Crippen LogP contribution in [0.5, 0.6) is 0 Å². The molecule has 0 radical (unpaired) electrons. The Morgan fingerprint density at radius 1 is 1.11 bits per heavy atom. The SMILES string of the molecule is CF.NC(=O)c1cc(N)ccc1Sc1cnc(N)c(C(=O)NCc2c[nH]c3c(F)c(F)cc(F)c23)n1. The summed E-state index contributed by atoms with van der Waals surface area (Å²) in [6.45, 7) is -0.233. The lowest BCUT2D eigenvalue weighted by Gasteiger charge is -2.10. The Morgan fingerprint density at radius 2 is 1.83 bits per heavy atom. The lowest BCUT2D eigenvalue weighted by Crippen LogP contribution is -2.25. The molecule has 36 heavy (non-hydrogen) atoms. The van der Waals surface area contributed by atoms with Crippen LogP contribution < -0.4 is 22.5 Å². The van der Waals surface area contributed by atoms with Crippen LogP contribution in [0.1, 0.15) is 26.4 Å². The van der Waals surface area contributed by atoms with Crippen molar-refractivity contribution < 1.29 is 27.2 Å². The van der Waals surface area contributed by atoms with E-state index in [-0.39, 0.29) is 45.1 Å². The molecule has 0 aliphatic rings. The first-order valence-corrected chi connectivity index (χ1v) is 10.8. The van der Waals surface area contributed by atoms with E-state index in [1.807, 2.05) is 0 Å². The summed E-state index contributed by atoms with van der Waals surface area (Å²) in [4.78, 5) is 35.4. The van der Waals surface area contributed by atoms with Crippen LogP contribution in [-0.2, 0) is 6.54 Å². The number of nitrogens with one attached hydrogen (secondary N) is 2. The van der Waals surface area contributed by atoms with Gasteiger partial charge in [0.2, 0.25) is 5.91 Å². The van der Waals surface area contributed by atoms with Crippen molar-refractivity contribution in [1.29, 1.82) is 0 Å². The molecule has 14 heteroatoms. The highest BCUT2D eigenvalue weighted by Crippen LogP contribution is 2.31. The predicted octanol–water partition coefficient (Wildman–Crippen LogP) is 3.31. The van der Waals surface area contributed by atoms with E-state index in [1.54, 1.807) is 12.1 Å². The van der Waals surface area contributed by atoms with Gasteiger partial charge in [-0.3, -0.25) is 14.0 Å². The van der Waals surface area contributed by atoms with Crippen molar-refractivity contribution in [1.82, 2.24) is 20.3 Å². The number of nitrogens with zero attached hydrogens (tertiary/aromatic N) is 2. The molecule has 0 spiro atoms. The minimum absolute atomic E-state index is 0.166. The van der Waals surface area contributed by atoms with Crippen LogP contribution in [-0.4, -0.2) is 33.9 Å². The van der Waals surface area contributed by atoms with Gasteiger partial charge in [-0.05, 0) is 23.8 Å². The molecule has 4 rings (SSSR count). The first-order valence-electron chi connectivity index (χ1n) is 9.94. The maximum Gasteiger partial charge on any atom is 0.274 e. The van der Waals surface area contributed by atoms with Gasteiger partial charge in [-0.15, -0.1) is 0 Å². The topological polar surface area (TPSA) is 166 Å². The molecule has 188 valence electrons. The Balaban J connectivity index is 0.00000176. The Morgan fingerprint density at radius 3 is 2.53 bits per heavy atom. The number of benzene rings is 2. The number of carbonyl (C=O) groups excluding carboxylic acids is 2. The number of halogens is 4. The molecule has 9 nitrogen and oxygen atoms in total. The number of hydrogen-bond donors (Lipinski definition) is 5. The fraction of sp³-hybridized carbons (Fsp3) is 0.0909. The second kappa shape index (κ2) is 10.9. The predicted molar refractivity (Wildman–Crippen MR) is 126 cm³/mol. The minimum atomic E-state index is -1.33. The van der Waals surface area contributed by atoms with Gasteiger partial charge in [0.25, 0.3) is 5.91 Å². The second-order valence-electron chi connectivity index (χ2n) is 7.06. The maximum absolute atomic E-state index is 14.2. The second-order valence-corrected chi connectivity index (χ2v) is 8.13. The van der Waals surface area contributed by atoms with Crippen molar-refractivity contribution in [3.8, 4) is 0 Å². The maximum atomic E-state index is 14.2. The highest BCUT2D eigenvalue weighted by molar-refractivity contribution is 7.99. The quantitative estimate of drug-likeness (QED) is 0.147. The lowest BCUT2D eigenvalue weighted by atomic mass is 10.1. The van der Waals surface area contributed by atoms with E-state index in [0.717, 1.165) is 11.8 Å². The molecule has 2 heterocycles. The van der Waals surface area contributed by atoms with Crippen LogP contribution in [0.2, 0.25) is 0 Å². The van der Waals surface area contributed by atoms with Crippen LogP contribution in [0.15, 0.2) is 46.6 Å². The van der Waals surface area contributed by atoms with E-state index in [0.29, 0.717) is 23.8 Å². The number of nitrogen functional groups attached to an aromatic ring is 2. The number of aromatic amines is 1. The number of hydrogen-bond acceptors (Lipinski definition) is 7. The standard InChI is InChI=1S/C21H16F3N7O2S.CH3F/c22-11-4-12(23)16(24)17-15(11)8(5-28-17)6-30-21(33)18-19(26)29-7-14(31-18)34-13-2-1-9(25)3-10(13)20(27)32;1-2/h1-5,7,28H,6,25H2,(H2,26,29)(H2,27,32)(H,30,33);1H3. The van der Waals surface area contributed by atoms with E-state index >= 15 is 0 Å². The molecular formula is C22H19F4N7O2S. The van der Waals surface area contributed by atoms with Gasteiger partial charge >= 0.3 is 0 Å². The summed E-state index contributed by atoms with van der Waals surface area (Å²) >= 11 is 1.02. The molecular weight excluding hydrogens is 502 g/mol. The Kier molecular flexibility index (Phi) is 7.99. The van der Waals surface area contributed by atoms with Gasteiger partial charge in [0.05, 0.1) is 24.5 Å². The van der Waals surface area contributed by atoms with Crippen molar-refractivity contribution in [2.45, 2.75) is 16.5 Å². The van der Waals surface area contributed by atoms with E-state index < -0.39 is 29.3 Å². The Bertz CT molecular complexity index is 1460. The summed E-state index contributed by atoms with van der Waals surface area (Å²) in [7, 11) is 0.500. The van der Waals surface area contributed by atoms with Gasteiger partial charge in [0.15, 0.2) is 23.1 Å². The molecule has 0 atom stereocenters. The Labute approximate surface area is 205 Å². The summed E-state index contributed by atoms with van der Waals surface area (Å²) < 4.78 is 51.0. The number of carbonyl (C=O) groups is 2. The third-order valence-electron chi connectivity index (χ3n) is 4.80. The van der Waals surface area contributed by atoms with Crippen LogP contribution in [0.3, 0.4) is 0 Å². The van der Waals surface area contributed by atoms with Gasteiger partial charge in [-0.1, -0.05) is 11.8 Å². The van der Waals surface area contributed by atoms with E-state index in [2.05, 4.69) is 20.3 Å². The van der Waals surface area contributed by atoms with Gasteiger partial charge in [0, 0.05) is 34.8 Å². The average molecular weight is 522 g/mol. The Hall–Kier alpha value is -4.33. The zero-order valence-electron chi connectivity index (χ0n) is 18.5. The van der Waals surface area contributed by atoms with Crippen molar-refractivity contribution >= 4 is 46.0 Å². The molecule has 8 N–H and O–H groups in total. The summed E-state index contributed by atoms with van der Waals surface area (Å²) in [5.74, 6) is -5.15. The van der Waals surface area contributed by atoms with Crippen LogP contribution in [0.4, 0.5) is 29.1 Å². The van der Waals surface area contributed by atoms with Gasteiger partial charge in [-0.25, -0.2) is 23.1 Å². The number of alkyl halides is 1. The molecule has 0 fully saturated rings. The van der Waals surface area contributed by atoms with Crippen LogP contribution >= 0.6 is 11.8 Å². The minimum Gasteiger partial charge on any atom is -0.399 e. The molecule has 2 amide bonds. The van der Waals surface area contributed by atoms with Gasteiger partial charge < -0.3 is 27.5 Å². The first kappa shape index (κ1) is 26.3. The lowest BCUT2D eigenvalue weighted by molar-refractivity contribution is 0.0944. The normalized spacial score (nSPS) is 10.6. The first-order chi connectivity index (χ1) is 17.2. The van der Waals surface area contributed by atoms with Gasteiger partial charge in [-0.2, -0.15) is 0 Å². The van der Waals surface area contributed by atoms with E-state index in [1.165, 1.54) is 18.5 Å². The molecule has 4 aromatic rings. The summed E-state index contributed by atoms with van der Waals surface area (Å²) in [5, 5.41) is 2.55. The highest BCUT2D eigenvalue weighted by Gasteiger charge is 2.20. The third-order valence-corrected chi connectivity index (χ3v) is 5.78. The summed E-state index contributed by atoms with van der Waals surface area (Å²) in [6, 6.07) is 4.99. The average Bonchev–Trinajstić information content (AvgIpc) is 3.29. The van der Waals surface area contributed by atoms with Crippen molar-refractivity contribution in [2.75, 3.05) is 18.6 Å². The largest absolute Gasteiger partial charge is 0.399 e. The smallest absolute Gasteiger partial charge is 0.274 e. The number of primary amides is 1. The highest BCUT2D eigenvalue weighted by atomic mass is 32.2. The van der Waals surface area contributed by atoms with Crippen molar-refractivity contribution in [3.63, 3.8) is 0 Å². The zero-order chi connectivity index (χ0) is 26.6. The van der Waals surface area contributed by atoms with E-state index in [4.69, 9.17) is 17.2 Å². The van der Waals surface area contributed by atoms with Crippen LogP contribution in [0, 0.1) is 17.5 Å². The molecule has 0 unspecified atom stereocenters. The number of rotatable bonds is 6. The number of fused-ring (bicyclic) bond motifs is 1. The fourth-order valence-corrected chi connectivity index (χ4v) is 4.09. The number of amides is 2. The van der Waals surface area contributed by atoms with E-state index in [9.17, 15) is 27.2 Å². The molecule has 0 bridgehead atoms. The number of anilines is 2. The fourth-order valence-electron chi connectivity index (χ4n) is 3.22. The van der Waals surface area contributed by atoms with Crippen molar-refractivity contribution in [2.24, 2.45) is 5.73 Å². The van der Waals surface area contributed by atoms with Crippen LogP contribution in [0.25, 0.3) is 10.9 Å². The molecule has 2 aromatic heterocycles. The number of aromatic nitrogens is 3. The number of nitrogens with two attached hydrogens (primary N) is 3. The monoisotopic (exact) mass is 521 g/mol. The summed E-state index contributed by atoms with van der Waals surface area (Å²) in [6.07, 6.45) is 2.56. The van der Waals surface area contributed by atoms with Gasteiger partial charge in [0.1, 0.15) is 10.8 Å². The molecule has 0 saturated heterocycles. The number of H-pyrrole nitrogens is 1. The third kappa shape index (κ3) is 5.33. The molecule has 2 aromatic carbocycles. The molecule has 0 aliphatic carbocycles. The molecule has 0 saturated carbocycles.